The van der Waals surface area contributed by atoms with Gasteiger partial charge in [-0.1, -0.05) is 24.2 Å². The van der Waals surface area contributed by atoms with E-state index in [-0.39, 0.29) is 17.8 Å². The third kappa shape index (κ3) is 2.61. The highest BCUT2D eigenvalue weighted by molar-refractivity contribution is 6.01. The van der Waals surface area contributed by atoms with E-state index in [1.165, 1.54) is 0 Å². The molecular weight excluding hydrogens is 254 g/mol. The average molecular weight is 275 g/mol. The average Bonchev–Trinajstić information content (AvgIpc) is 2.86. The minimum Gasteiger partial charge on any atom is -0.409 e. The van der Waals surface area contributed by atoms with E-state index >= 15 is 0 Å². The number of rotatable bonds is 3. The van der Waals surface area contributed by atoms with Crippen LogP contribution < -0.4 is 5.73 Å². The van der Waals surface area contributed by atoms with E-state index in [0.717, 1.165) is 19.3 Å². The molecule has 2 atom stereocenters. The lowest BCUT2D eigenvalue weighted by Gasteiger charge is -2.28. The summed E-state index contributed by atoms with van der Waals surface area (Å²) in [6.07, 6.45) is 3.07. The molecule has 1 aromatic rings. The number of hydrogen-bond acceptors (Lipinski definition) is 3. The van der Waals surface area contributed by atoms with Gasteiger partial charge in [-0.3, -0.25) is 4.79 Å². The lowest BCUT2D eigenvalue weighted by atomic mass is 10.1. The van der Waals surface area contributed by atoms with Gasteiger partial charge in [-0.15, -0.1) is 0 Å². The maximum absolute atomic E-state index is 12.7. The van der Waals surface area contributed by atoms with Crippen LogP contribution in [-0.2, 0) is 0 Å². The van der Waals surface area contributed by atoms with Gasteiger partial charge >= 0.3 is 0 Å². The Morgan fingerprint density at radius 2 is 2.15 bits per heavy atom. The number of hydrogen-bond donors (Lipinski definition) is 2. The topological polar surface area (TPSA) is 78.9 Å². The zero-order chi connectivity index (χ0) is 14.7. The van der Waals surface area contributed by atoms with Crippen molar-refractivity contribution >= 4 is 11.7 Å². The van der Waals surface area contributed by atoms with Gasteiger partial charge in [-0.05, 0) is 38.3 Å². The predicted octanol–water partition coefficient (Wildman–Crippen LogP) is 2.18. The lowest BCUT2D eigenvalue weighted by Crippen LogP contribution is -2.39. The van der Waals surface area contributed by atoms with E-state index in [1.807, 2.05) is 4.90 Å². The number of amides is 1. The summed E-state index contributed by atoms with van der Waals surface area (Å²) in [6.45, 7) is 4.19. The molecule has 0 bridgehead atoms. The second kappa shape index (κ2) is 5.94. The van der Waals surface area contributed by atoms with Crippen LogP contribution in [0.1, 0.15) is 49.0 Å². The summed E-state index contributed by atoms with van der Waals surface area (Å²) in [5.74, 6) is 0.0376. The first kappa shape index (κ1) is 14.4. The number of amidine groups is 1. The van der Waals surface area contributed by atoms with Crippen LogP contribution in [0, 0.1) is 0 Å². The maximum atomic E-state index is 12.7. The smallest absolute Gasteiger partial charge is 0.254 e. The molecule has 1 aliphatic rings. The fourth-order valence-electron chi connectivity index (χ4n) is 2.86. The Kier molecular flexibility index (Phi) is 4.27. The molecule has 0 saturated carbocycles. The molecule has 5 heteroatoms. The molecule has 2 rings (SSSR count). The second-order valence-corrected chi connectivity index (χ2v) is 5.27. The second-order valence-electron chi connectivity index (χ2n) is 5.27. The molecule has 1 aliphatic heterocycles. The van der Waals surface area contributed by atoms with Crippen molar-refractivity contribution in [2.75, 3.05) is 0 Å². The molecular formula is C15H21N3O2. The van der Waals surface area contributed by atoms with Gasteiger partial charge < -0.3 is 15.8 Å². The van der Waals surface area contributed by atoms with Crippen molar-refractivity contribution in [2.24, 2.45) is 10.9 Å². The number of nitrogens with zero attached hydrogens (tertiary/aromatic N) is 2. The molecule has 0 radical (unpaired) electrons. The van der Waals surface area contributed by atoms with Crippen molar-refractivity contribution in [3.8, 4) is 0 Å². The van der Waals surface area contributed by atoms with Crippen LogP contribution in [-0.4, -0.2) is 33.9 Å². The van der Waals surface area contributed by atoms with Crippen molar-refractivity contribution in [1.29, 1.82) is 0 Å². The van der Waals surface area contributed by atoms with Crippen LogP contribution >= 0.6 is 0 Å². The minimum atomic E-state index is 0.0150. The Morgan fingerprint density at radius 1 is 1.45 bits per heavy atom. The first-order valence-electron chi connectivity index (χ1n) is 6.99. The largest absolute Gasteiger partial charge is 0.409 e. The molecule has 1 amide bonds. The molecule has 3 N–H and O–H groups in total. The third-order valence-corrected chi connectivity index (χ3v) is 4.00. The molecule has 1 saturated heterocycles. The standard InChI is InChI=1S/C15H21N3O2/c1-3-13-8-7-10(2)18(13)15(19)12-6-4-5-11(9-12)14(16)17-20/h4-6,9-10,13,20H,3,7-8H2,1-2H3,(H2,16,17). The summed E-state index contributed by atoms with van der Waals surface area (Å²) in [5.41, 5.74) is 6.71. The number of carbonyl (C=O) groups excluding carboxylic acids is 1. The van der Waals surface area contributed by atoms with Crippen LogP contribution in [0.15, 0.2) is 29.4 Å². The summed E-state index contributed by atoms with van der Waals surface area (Å²) >= 11 is 0. The van der Waals surface area contributed by atoms with Gasteiger partial charge in [0.15, 0.2) is 5.84 Å². The van der Waals surface area contributed by atoms with Crippen molar-refractivity contribution in [1.82, 2.24) is 4.90 Å². The van der Waals surface area contributed by atoms with E-state index in [2.05, 4.69) is 19.0 Å². The molecule has 108 valence electrons. The molecule has 0 aliphatic carbocycles. The van der Waals surface area contributed by atoms with Gasteiger partial charge in [-0.2, -0.15) is 0 Å². The molecule has 5 nitrogen and oxygen atoms in total. The highest BCUT2D eigenvalue weighted by atomic mass is 16.4. The van der Waals surface area contributed by atoms with E-state index < -0.39 is 0 Å². The normalized spacial score (nSPS) is 23.1. The monoisotopic (exact) mass is 275 g/mol. The highest BCUT2D eigenvalue weighted by Gasteiger charge is 2.33. The van der Waals surface area contributed by atoms with Gasteiger partial charge in [-0.25, -0.2) is 0 Å². The van der Waals surface area contributed by atoms with Gasteiger partial charge in [0.25, 0.3) is 5.91 Å². The number of oxime groups is 1. The zero-order valence-corrected chi connectivity index (χ0v) is 11.9. The predicted molar refractivity (Wildman–Crippen MR) is 77.9 cm³/mol. The van der Waals surface area contributed by atoms with Crippen LogP contribution in [0.3, 0.4) is 0 Å². The third-order valence-electron chi connectivity index (χ3n) is 4.00. The fraction of sp³-hybridized carbons (Fsp3) is 0.467. The number of carbonyl (C=O) groups is 1. The summed E-state index contributed by atoms with van der Waals surface area (Å²) in [6, 6.07) is 7.49. The van der Waals surface area contributed by atoms with Crippen LogP contribution in [0.5, 0.6) is 0 Å². The number of nitrogens with two attached hydrogens (primary N) is 1. The first-order valence-corrected chi connectivity index (χ1v) is 6.99. The molecule has 1 heterocycles. The Labute approximate surface area is 119 Å². The van der Waals surface area contributed by atoms with Crippen LogP contribution in [0.25, 0.3) is 0 Å². The fourth-order valence-corrected chi connectivity index (χ4v) is 2.86. The Balaban J connectivity index is 2.29. The van der Waals surface area contributed by atoms with Gasteiger partial charge in [0.1, 0.15) is 0 Å². The molecule has 2 unspecified atom stereocenters. The number of benzene rings is 1. The van der Waals surface area contributed by atoms with Gasteiger partial charge in [0.05, 0.1) is 0 Å². The Hall–Kier alpha value is -2.04. The summed E-state index contributed by atoms with van der Waals surface area (Å²) in [4.78, 5) is 14.6. The Bertz CT molecular complexity index is 528. The van der Waals surface area contributed by atoms with E-state index in [0.29, 0.717) is 17.2 Å². The van der Waals surface area contributed by atoms with Gasteiger partial charge in [0.2, 0.25) is 0 Å². The number of likely N-dealkylation sites (tertiary alicyclic amines) is 1. The molecule has 1 aromatic carbocycles. The molecule has 0 aromatic heterocycles. The van der Waals surface area contributed by atoms with E-state index in [1.54, 1.807) is 24.3 Å². The summed E-state index contributed by atoms with van der Waals surface area (Å²) in [5, 5.41) is 11.7. The van der Waals surface area contributed by atoms with E-state index in [4.69, 9.17) is 10.9 Å². The lowest BCUT2D eigenvalue weighted by molar-refractivity contribution is 0.0676. The highest BCUT2D eigenvalue weighted by Crippen LogP contribution is 2.27. The first-order chi connectivity index (χ1) is 9.58. The van der Waals surface area contributed by atoms with Crippen LogP contribution in [0.2, 0.25) is 0 Å². The van der Waals surface area contributed by atoms with Gasteiger partial charge in [0, 0.05) is 23.2 Å². The minimum absolute atomic E-state index is 0.0150. The SMILES string of the molecule is CCC1CCC(C)N1C(=O)c1cccc(/C(N)=N/O)c1. The van der Waals surface area contributed by atoms with Crippen molar-refractivity contribution in [2.45, 2.75) is 45.2 Å². The maximum Gasteiger partial charge on any atom is 0.254 e. The molecule has 1 fully saturated rings. The zero-order valence-electron chi connectivity index (χ0n) is 11.9. The molecule has 20 heavy (non-hydrogen) atoms. The van der Waals surface area contributed by atoms with Crippen molar-refractivity contribution < 1.29 is 10.0 Å². The Morgan fingerprint density at radius 3 is 2.80 bits per heavy atom. The summed E-state index contributed by atoms with van der Waals surface area (Å²) < 4.78 is 0. The van der Waals surface area contributed by atoms with Crippen LogP contribution in [0.4, 0.5) is 0 Å². The quantitative estimate of drug-likeness (QED) is 0.384. The van der Waals surface area contributed by atoms with E-state index in [9.17, 15) is 4.79 Å². The van der Waals surface area contributed by atoms with Crippen molar-refractivity contribution in [3.63, 3.8) is 0 Å². The molecule has 0 spiro atoms. The summed E-state index contributed by atoms with van der Waals surface area (Å²) in [7, 11) is 0. The van der Waals surface area contributed by atoms with Crippen molar-refractivity contribution in [3.05, 3.63) is 35.4 Å².